The number of benzene rings is 3. The van der Waals surface area contributed by atoms with Gasteiger partial charge in [0, 0.05) is 11.3 Å². The number of carbonyl (C=O) groups is 2. The van der Waals surface area contributed by atoms with Crippen molar-refractivity contribution in [1.29, 1.82) is 0 Å². The van der Waals surface area contributed by atoms with Gasteiger partial charge in [0.25, 0.3) is 5.91 Å². The van der Waals surface area contributed by atoms with E-state index in [0.29, 0.717) is 28.5 Å². The number of amides is 1. The highest BCUT2D eigenvalue weighted by Gasteiger charge is 2.27. The summed E-state index contributed by atoms with van der Waals surface area (Å²) in [6.07, 6.45) is -1.13. The Bertz CT molecular complexity index is 1050. The Kier molecular flexibility index (Phi) is 5.52. The predicted octanol–water partition coefficient (Wildman–Crippen LogP) is 3.96. The lowest BCUT2D eigenvalue weighted by atomic mass is 10.1. The van der Waals surface area contributed by atoms with Crippen molar-refractivity contribution in [2.45, 2.75) is 6.10 Å². The fourth-order valence-electron chi connectivity index (χ4n) is 2.98. The maximum atomic E-state index is 13.0. The van der Waals surface area contributed by atoms with E-state index in [4.69, 9.17) is 18.9 Å². The van der Waals surface area contributed by atoms with Gasteiger partial charge < -0.3 is 24.3 Å². The molecule has 0 spiro atoms. The fraction of sp³-hybridized carbons (Fsp3) is 0.130. The van der Waals surface area contributed by atoms with Crippen LogP contribution >= 0.6 is 0 Å². The molecule has 0 aromatic heterocycles. The summed E-state index contributed by atoms with van der Waals surface area (Å²) >= 11 is 0. The smallest absolute Gasteiger partial charge is 0.339 e. The van der Waals surface area contributed by atoms with Crippen LogP contribution in [-0.4, -0.2) is 25.8 Å². The summed E-state index contributed by atoms with van der Waals surface area (Å²) < 4.78 is 21.3. The van der Waals surface area contributed by atoms with Crippen LogP contribution in [-0.2, 0) is 9.53 Å². The van der Waals surface area contributed by atoms with E-state index in [0.717, 1.165) is 0 Å². The van der Waals surface area contributed by atoms with Crippen molar-refractivity contribution in [3.8, 4) is 17.2 Å². The van der Waals surface area contributed by atoms with Gasteiger partial charge >= 0.3 is 5.97 Å². The highest BCUT2D eigenvalue weighted by Crippen LogP contribution is 2.33. The van der Waals surface area contributed by atoms with Gasteiger partial charge in [0.05, 0.1) is 12.7 Å². The Morgan fingerprint density at radius 3 is 2.40 bits per heavy atom. The molecule has 0 radical (unpaired) electrons. The summed E-state index contributed by atoms with van der Waals surface area (Å²) in [5, 5.41) is 2.77. The predicted molar refractivity (Wildman–Crippen MR) is 109 cm³/mol. The molecule has 1 aliphatic rings. The number of fused-ring (bicyclic) bond motifs is 1. The first kappa shape index (κ1) is 19.3. The van der Waals surface area contributed by atoms with Crippen molar-refractivity contribution in [2.75, 3.05) is 19.2 Å². The molecule has 0 bridgehead atoms. The molecule has 0 aliphatic carbocycles. The molecule has 3 aromatic rings. The molecule has 0 saturated heterocycles. The number of rotatable bonds is 6. The van der Waals surface area contributed by atoms with E-state index in [1.807, 2.05) is 6.07 Å². The van der Waals surface area contributed by atoms with Crippen LogP contribution in [0.1, 0.15) is 22.0 Å². The second-order valence-corrected chi connectivity index (χ2v) is 6.48. The molecule has 1 atom stereocenters. The van der Waals surface area contributed by atoms with E-state index in [-0.39, 0.29) is 12.4 Å². The van der Waals surface area contributed by atoms with Crippen LogP contribution in [0, 0.1) is 0 Å². The Balaban J connectivity index is 1.55. The summed E-state index contributed by atoms with van der Waals surface area (Å²) in [6.45, 7) is 0.102. The Morgan fingerprint density at radius 1 is 0.933 bits per heavy atom. The topological polar surface area (TPSA) is 83.1 Å². The van der Waals surface area contributed by atoms with Crippen molar-refractivity contribution < 1.29 is 28.5 Å². The Labute approximate surface area is 173 Å². The lowest BCUT2D eigenvalue weighted by Gasteiger charge is -2.18. The minimum absolute atomic E-state index is 0.102. The van der Waals surface area contributed by atoms with Crippen LogP contribution in [0.3, 0.4) is 0 Å². The Hall–Kier alpha value is -4.00. The van der Waals surface area contributed by atoms with Gasteiger partial charge in [-0.2, -0.15) is 0 Å². The van der Waals surface area contributed by atoms with Crippen molar-refractivity contribution >= 4 is 17.6 Å². The third kappa shape index (κ3) is 4.20. The molecular weight excluding hydrogens is 386 g/mol. The molecule has 1 N–H and O–H groups in total. The molecule has 0 fully saturated rings. The number of carbonyl (C=O) groups excluding carboxylic acids is 2. The molecule has 4 rings (SSSR count). The van der Waals surface area contributed by atoms with E-state index in [1.54, 1.807) is 67.8 Å². The molecule has 152 valence electrons. The largest absolute Gasteiger partial charge is 0.497 e. The SMILES string of the molecule is COc1ccc(NC(=O)[C@@H](OC(=O)c2ccc3c(c2)OCO3)c2ccccc2)cc1. The summed E-state index contributed by atoms with van der Waals surface area (Å²) in [5.74, 6) is 0.571. The maximum absolute atomic E-state index is 13.0. The second-order valence-electron chi connectivity index (χ2n) is 6.48. The quantitative estimate of drug-likeness (QED) is 0.625. The number of methoxy groups -OCH3 is 1. The van der Waals surface area contributed by atoms with Gasteiger partial charge in [0.1, 0.15) is 5.75 Å². The van der Waals surface area contributed by atoms with E-state index in [1.165, 1.54) is 6.07 Å². The van der Waals surface area contributed by atoms with Gasteiger partial charge in [-0.05, 0) is 42.5 Å². The molecule has 1 aliphatic heterocycles. The number of anilines is 1. The van der Waals surface area contributed by atoms with E-state index in [9.17, 15) is 9.59 Å². The molecule has 1 amide bonds. The molecule has 0 unspecified atom stereocenters. The zero-order chi connectivity index (χ0) is 20.9. The zero-order valence-corrected chi connectivity index (χ0v) is 16.2. The molecule has 0 saturated carbocycles. The fourth-order valence-corrected chi connectivity index (χ4v) is 2.98. The summed E-state index contributed by atoms with van der Waals surface area (Å²) in [5.41, 5.74) is 1.37. The summed E-state index contributed by atoms with van der Waals surface area (Å²) in [6, 6.07) is 20.4. The zero-order valence-electron chi connectivity index (χ0n) is 16.2. The first-order valence-corrected chi connectivity index (χ1v) is 9.24. The van der Waals surface area contributed by atoms with E-state index < -0.39 is 18.0 Å². The van der Waals surface area contributed by atoms with Crippen molar-refractivity contribution in [3.05, 3.63) is 83.9 Å². The van der Waals surface area contributed by atoms with E-state index >= 15 is 0 Å². The minimum Gasteiger partial charge on any atom is -0.497 e. The molecular formula is C23H19NO6. The van der Waals surface area contributed by atoms with Crippen molar-refractivity contribution in [3.63, 3.8) is 0 Å². The lowest BCUT2D eigenvalue weighted by molar-refractivity contribution is -0.125. The van der Waals surface area contributed by atoms with Crippen LogP contribution in [0.4, 0.5) is 5.69 Å². The Morgan fingerprint density at radius 2 is 1.67 bits per heavy atom. The average molecular weight is 405 g/mol. The lowest BCUT2D eigenvalue weighted by Crippen LogP contribution is -2.26. The van der Waals surface area contributed by atoms with Crippen LogP contribution in [0.2, 0.25) is 0 Å². The summed E-state index contributed by atoms with van der Waals surface area (Å²) in [7, 11) is 1.56. The van der Waals surface area contributed by atoms with Gasteiger partial charge in [-0.1, -0.05) is 30.3 Å². The third-order valence-corrected chi connectivity index (χ3v) is 4.53. The summed E-state index contributed by atoms with van der Waals surface area (Å²) in [4.78, 5) is 25.7. The molecule has 3 aromatic carbocycles. The normalized spacial score (nSPS) is 12.7. The first-order chi connectivity index (χ1) is 14.6. The van der Waals surface area contributed by atoms with Gasteiger partial charge in [-0.25, -0.2) is 4.79 Å². The average Bonchev–Trinajstić information content (AvgIpc) is 3.26. The maximum Gasteiger partial charge on any atom is 0.339 e. The van der Waals surface area contributed by atoms with Crippen molar-refractivity contribution in [2.24, 2.45) is 0 Å². The van der Waals surface area contributed by atoms with E-state index in [2.05, 4.69) is 5.32 Å². The number of hydrogen-bond donors (Lipinski definition) is 1. The number of ether oxygens (including phenoxy) is 4. The van der Waals surface area contributed by atoms with Gasteiger partial charge in [-0.15, -0.1) is 0 Å². The highest BCUT2D eigenvalue weighted by molar-refractivity contribution is 5.98. The molecule has 7 heteroatoms. The number of nitrogens with one attached hydrogen (secondary N) is 1. The molecule has 30 heavy (non-hydrogen) atoms. The number of esters is 1. The second kappa shape index (κ2) is 8.57. The van der Waals surface area contributed by atoms with Gasteiger partial charge in [0.2, 0.25) is 12.9 Å². The monoisotopic (exact) mass is 405 g/mol. The van der Waals surface area contributed by atoms with Crippen LogP contribution in [0.15, 0.2) is 72.8 Å². The standard InChI is InChI=1S/C23H19NO6/c1-27-18-10-8-17(9-11-18)24-22(25)21(15-5-3-2-4-6-15)30-23(26)16-7-12-19-20(13-16)29-14-28-19/h2-13,21H,14H2,1H3,(H,24,25)/t21-/m0/s1. The molecule has 7 nitrogen and oxygen atoms in total. The van der Waals surface area contributed by atoms with Crippen molar-refractivity contribution in [1.82, 2.24) is 0 Å². The third-order valence-electron chi connectivity index (χ3n) is 4.53. The highest BCUT2D eigenvalue weighted by atomic mass is 16.7. The van der Waals surface area contributed by atoms with Crippen LogP contribution in [0.5, 0.6) is 17.2 Å². The van der Waals surface area contributed by atoms with Crippen LogP contribution < -0.4 is 19.5 Å². The van der Waals surface area contributed by atoms with Gasteiger partial charge in [-0.3, -0.25) is 4.79 Å². The van der Waals surface area contributed by atoms with Gasteiger partial charge in [0.15, 0.2) is 11.5 Å². The molecule has 1 heterocycles. The minimum atomic E-state index is -1.13. The number of hydrogen-bond acceptors (Lipinski definition) is 6. The first-order valence-electron chi connectivity index (χ1n) is 9.24. The van der Waals surface area contributed by atoms with Crippen LogP contribution in [0.25, 0.3) is 0 Å².